The van der Waals surface area contributed by atoms with Crippen LogP contribution in [-0.2, 0) is 22.7 Å². The number of hydrogen-bond acceptors (Lipinski definition) is 3. The molecule has 0 heterocycles. The predicted molar refractivity (Wildman–Crippen MR) is 105 cm³/mol. The molecule has 1 N–H and O–H groups in total. The third-order valence-corrected chi connectivity index (χ3v) is 4.31. The summed E-state index contributed by atoms with van der Waals surface area (Å²) in [4.78, 5) is 0. The molecule has 25 heavy (non-hydrogen) atoms. The van der Waals surface area contributed by atoms with Gasteiger partial charge in [0.2, 0.25) is 0 Å². The summed E-state index contributed by atoms with van der Waals surface area (Å²) in [6.45, 7) is 14.0. The average Bonchev–Trinajstić information content (AvgIpc) is 2.53. The number of hydrogen-bond donors (Lipinski definition) is 1. The van der Waals surface area contributed by atoms with Crippen molar-refractivity contribution in [3.05, 3.63) is 35.4 Å². The van der Waals surface area contributed by atoms with Gasteiger partial charge in [-0.2, -0.15) is 0 Å². The molecule has 1 aromatic carbocycles. The van der Waals surface area contributed by atoms with Crippen molar-refractivity contribution in [2.24, 2.45) is 10.8 Å². The van der Waals surface area contributed by atoms with Crippen molar-refractivity contribution >= 4 is 0 Å². The second-order valence-electron chi connectivity index (χ2n) is 9.02. The highest BCUT2D eigenvalue weighted by Gasteiger charge is 2.15. The van der Waals surface area contributed by atoms with Crippen molar-refractivity contribution in [1.82, 2.24) is 0 Å². The second kappa shape index (κ2) is 10.9. The molecule has 0 amide bonds. The Morgan fingerprint density at radius 1 is 0.840 bits per heavy atom. The van der Waals surface area contributed by atoms with Crippen LogP contribution >= 0.6 is 0 Å². The van der Waals surface area contributed by atoms with Crippen LogP contribution in [0.25, 0.3) is 0 Å². The Hall–Kier alpha value is -0.900. The fraction of sp³-hybridized carbons (Fsp3) is 0.727. The molecule has 0 unspecified atom stereocenters. The van der Waals surface area contributed by atoms with Crippen LogP contribution in [0.1, 0.15) is 71.4 Å². The molecule has 0 spiro atoms. The van der Waals surface area contributed by atoms with Crippen molar-refractivity contribution in [3.8, 4) is 0 Å². The first-order valence-electron chi connectivity index (χ1n) is 9.56. The standard InChI is InChI=1S/C22H38O3/c1-21(2,3)11-7-13-24-16-19-9-6-10-20(15-19)17-25-14-8-12-22(4,5)18-23/h6,9-10,15,23H,7-8,11-14,16-18H2,1-5H3. The summed E-state index contributed by atoms with van der Waals surface area (Å²) < 4.78 is 11.6. The van der Waals surface area contributed by atoms with Gasteiger partial charge in [-0.25, -0.2) is 0 Å². The van der Waals surface area contributed by atoms with Crippen LogP contribution in [0.15, 0.2) is 24.3 Å². The highest BCUT2D eigenvalue weighted by Crippen LogP contribution is 2.21. The van der Waals surface area contributed by atoms with Crippen molar-refractivity contribution in [3.63, 3.8) is 0 Å². The van der Waals surface area contributed by atoms with Gasteiger partial charge in [0.25, 0.3) is 0 Å². The molecule has 1 rings (SSSR count). The Morgan fingerprint density at radius 3 is 1.84 bits per heavy atom. The topological polar surface area (TPSA) is 38.7 Å². The SMILES string of the molecule is CC(C)(C)CCCOCc1cccc(COCCCC(C)(C)CO)c1. The third-order valence-electron chi connectivity index (χ3n) is 4.31. The normalized spacial score (nSPS) is 12.6. The molecule has 0 saturated heterocycles. The van der Waals surface area contributed by atoms with Crippen LogP contribution in [0.4, 0.5) is 0 Å². The summed E-state index contributed by atoms with van der Waals surface area (Å²) >= 11 is 0. The minimum absolute atomic E-state index is 0.00634. The van der Waals surface area contributed by atoms with Gasteiger partial charge in [0.05, 0.1) is 13.2 Å². The lowest BCUT2D eigenvalue weighted by molar-refractivity contribution is 0.0931. The first-order valence-corrected chi connectivity index (χ1v) is 9.56. The van der Waals surface area contributed by atoms with E-state index in [1.807, 2.05) is 0 Å². The molecule has 0 aliphatic rings. The van der Waals surface area contributed by atoms with Gasteiger partial charge in [0.15, 0.2) is 0 Å². The molecular formula is C22H38O3. The zero-order valence-electron chi connectivity index (χ0n) is 16.9. The summed E-state index contributed by atoms with van der Waals surface area (Å²) in [6, 6.07) is 8.45. The van der Waals surface area contributed by atoms with E-state index < -0.39 is 0 Å². The number of ether oxygens (including phenoxy) is 2. The van der Waals surface area contributed by atoms with E-state index in [9.17, 15) is 5.11 Å². The van der Waals surface area contributed by atoms with E-state index in [1.165, 1.54) is 17.5 Å². The van der Waals surface area contributed by atoms with Crippen LogP contribution in [0, 0.1) is 10.8 Å². The Labute approximate surface area is 154 Å². The zero-order valence-corrected chi connectivity index (χ0v) is 16.9. The van der Waals surface area contributed by atoms with Gasteiger partial charge in [-0.15, -0.1) is 0 Å². The summed E-state index contributed by atoms with van der Waals surface area (Å²) in [5.41, 5.74) is 2.77. The van der Waals surface area contributed by atoms with Crippen molar-refractivity contribution in [2.75, 3.05) is 19.8 Å². The third kappa shape index (κ3) is 11.4. The summed E-state index contributed by atoms with van der Waals surface area (Å²) in [5.74, 6) is 0. The van der Waals surface area contributed by atoms with E-state index in [4.69, 9.17) is 9.47 Å². The van der Waals surface area contributed by atoms with Gasteiger partial charge in [-0.1, -0.05) is 58.9 Å². The number of aliphatic hydroxyl groups excluding tert-OH is 1. The highest BCUT2D eigenvalue weighted by molar-refractivity contribution is 5.22. The maximum atomic E-state index is 9.25. The molecular weight excluding hydrogens is 312 g/mol. The molecule has 0 radical (unpaired) electrons. The number of benzene rings is 1. The second-order valence-corrected chi connectivity index (χ2v) is 9.02. The number of aliphatic hydroxyl groups is 1. The van der Waals surface area contributed by atoms with Gasteiger partial charge >= 0.3 is 0 Å². The van der Waals surface area contributed by atoms with Crippen LogP contribution < -0.4 is 0 Å². The van der Waals surface area contributed by atoms with E-state index >= 15 is 0 Å². The fourth-order valence-corrected chi connectivity index (χ4v) is 2.63. The van der Waals surface area contributed by atoms with E-state index in [1.54, 1.807) is 0 Å². The average molecular weight is 351 g/mol. The Morgan fingerprint density at radius 2 is 1.36 bits per heavy atom. The molecule has 0 fully saturated rings. The first-order chi connectivity index (χ1) is 11.7. The first kappa shape index (κ1) is 22.1. The smallest absolute Gasteiger partial charge is 0.0716 e. The van der Waals surface area contributed by atoms with Crippen LogP contribution in [0.3, 0.4) is 0 Å². The lowest BCUT2D eigenvalue weighted by Crippen LogP contribution is -2.17. The Balaban J connectivity index is 2.21. The van der Waals surface area contributed by atoms with E-state index in [-0.39, 0.29) is 12.0 Å². The fourth-order valence-electron chi connectivity index (χ4n) is 2.63. The largest absolute Gasteiger partial charge is 0.396 e. The molecule has 0 aliphatic carbocycles. The molecule has 3 nitrogen and oxygen atoms in total. The molecule has 0 aromatic heterocycles. The van der Waals surface area contributed by atoms with Crippen LogP contribution in [0.2, 0.25) is 0 Å². The van der Waals surface area contributed by atoms with Gasteiger partial charge < -0.3 is 14.6 Å². The minimum atomic E-state index is -0.00634. The molecule has 0 saturated carbocycles. The minimum Gasteiger partial charge on any atom is -0.396 e. The predicted octanol–water partition coefficient (Wildman–Crippen LogP) is 5.34. The van der Waals surface area contributed by atoms with E-state index in [0.29, 0.717) is 18.6 Å². The van der Waals surface area contributed by atoms with Crippen LogP contribution in [-0.4, -0.2) is 24.9 Å². The van der Waals surface area contributed by atoms with E-state index in [2.05, 4.69) is 58.9 Å². The van der Waals surface area contributed by atoms with Gasteiger partial charge in [0.1, 0.15) is 0 Å². The highest BCUT2D eigenvalue weighted by atomic mass is 16.5. The molecule has 144 valence electrons. The van der Waals surface area contributed by atoms with Crippen molar-refractivity contribution < 1.29 is 14.6 Å². The van der Waals surface area contributed by atoms with E-state index in [0.717, 1.165) is 32.5 Å². The van der Waals surface area contributed by atoms with Crippen molar-refractivity contribution in [2.45, 2.75) is 73.5 Å². The quantitative estimate of drug-likeness (QED) is 0.517. The lowest BCUT2D eigenvalue weighted by Gasteiger charge is -2.21. The van der Waals surface area contributed by atoms with Gasteiger partial charge in [-0.3, -0.25) is 0 Å². The van der Waals surface area contributed by atoms with Crippen molar-refractivity contribution in [1.29, 1.82) is 0 Å². The maximum absolute atomic E-state index is 9.25. The lowest BCUT2D eigenvalue weighted by atomic mass is 9.89. The van der Waals surface area contributed by atoms with Crippen LogP contribution in [0.5, 0.6) is 0 Å². The Bertz CT molecular complexity index is 474. The monoisotopic (exact) mass is 350 g/mol. The summed E-state index contributed by atoms with van der Waals surface area (Å²) in [5, 5.41) is 9.25. The van der Waals surface area contributed by atoms with Gasteiger partial charge in [-0.05, 0) is 47.6 Å². The molecule has 3 heteroatoms. The summed E-state index contributed by atoms with van der Waals surface area (Å²) in [6.07, 6.45) is 4.25. The Kier molecular flexibility index (Phi) is 9.70. The zero-order chi connectivity index (χ0) is 18.8. The molecule has 1 aromatic rings. The molecule has 0 atom stereocenters. The molecule has 0 bridgehead atoms. The number of rotatable bonds is 12. The molecule has 0 aliphatic heterocycles. The summed E-state index contributed by atoms with van der Waals surface area (Å²) in [7, 11) is 0. The maximum Gasteiger partial charge on any atom is 0.0716 e. The van der Waals surface area contributed by atoms with Gasteiger partial charge in [0, 0.05) is 19.8 Å².